The van der Waals surface area contributed by atoms with Crippen molar-refractivity contribution in [3.63, 3.8) is 0 Å². The fraction of sp³-hybridized carbons (Fsp3) is 0.167. The number of hydrogen-bond donors (Lipinski definition) is 2. The lowest BCUT2D eigenvalue weighted by atomic mass is 9.98. The number of halogens is 1. The molecule has 2 N–H and O–H groups in total. The lowest BCUT2D eigenvalue weighted by Crippen LogP contribution is -2.19. The smallest absolute Gasteiger partial charge is 0.119 e. The van der Waals surface area contributed by atoms with Gasteiger partial charge in [-0.05, 0) is 79.8 Å². The number of aromatic hydroxyl groups is 2. The maximum atomic E-state index is 9.92. The molecule has 0 aliphatic carbocycles. The highest BCUT2D eigenvalue weighted by molar-refractivity contribution is 7.23. The van der Waals surface area contributed by atoms with Crippen molar-refractivity contribution in [3.05, 3.63) is 66.7 Å². The molecule has 1 heterocycles. The Kier molecular flexibility index (Phi) is 6.87. The van der Waals surface area contributed by atoms with E-state index in [4.69, 9.17) is 4.74 Å². The van der Waals surface area contributed by atoms with Crippen molar-refractivity contribution in [2.75, 3.05) is 27.2 Å². The van der Waals surface area contributed by atoms with Crippen LogP contribution in [-0.2, 0) is 0 Å². The molecule has 1 aromatic heterocycles. The molecule has 0 amide bonds. The van der Waals surface area contributed by atoms with Crippen molar-refractivity contribution >= 4 is 33.8 Å². The van der Waals surface area contributed by atoms with Gasteiger partial charge in [-0.1, -0.05) is 12.1 Å². The fourth-order valence-electron chi connectivity index (χ4n) is 3.25. The molecule has 0 unspecified atom stereocenters. The highest BCUT2D eigenvalue weighted by Crippen LogP contribution is 2.46. The maximum absolute atomic E-state index is 9.92. The van der Waals surface area contributed by atoms with Crippen molar-refractivity contribution in [1.29, 1.82) is 0 Å². The molecule has 4 rings (SSSR count). The number of thiophene rings is 1. The summed E-state index contributed by atoms with van der Waals surface area (Å²) in [6, 6.07) is 20.8. The highest BCUT2D eigenvalue weighted by Gasteiger charge is 2.16. The van der Waals surface area contributed by atoms with Crippen molar-refractivity contribution in [2.45, 2.75) is 0 Å². The van der Waals surface area contributed by atoms with E-state index in [0.717, 1.165) is 43.9 Å². The predicted molar refractivity (Wildman–Crippen MR) is 127 cm³/mol. The molecule has 0 bridgehead atoms. The number of phenolic OH excluding ortho intramolecular Hbond substituents is 2. The maximum Gasteiger partial charge on any atom is 0.119 e. The average Bonchev–Trinajstić information content (AvgIpc) is 3.07. The SMILES string of the molecule is CN(C)CCOc1ccc(-c2c(-c3ccc(O)cc3)sc3cc(O)ccc23)cc1.Cl. The second kappa shape index (κ2) is 9.39. The number of ether oxygens (including phenoxy) is 1. The average molecular weight is 442 g/mol. The lowest BCUT2D eigenvalue weighted by molar-refractivity contribution is 0.261. The number of phenols is 2. The van der Waals surface area contributed by atoms with Crippen LogP contribution in [0.2, 0.25) is 0 Å². The molecule has 0 aliphatic heterocycles. The van der Waals surface area contributed by atoms with Gasteiger partial charge in [-0.2, -0.15) is 0 Å². The fourth-order valence-corrected chi connectivity index (χ4v) is 4.52. The predicted octanol–water partition coefficient (Wildman–Crippen LogP) is 6.01. The van der Waals surface area contributed by atoms with Crippen LogP contribution in [0, 0.1) is 0 Å². The molecule has 0 atom stereocenters. The van der Waals surface area contributed by atoms with Gasteiger partial charge in [0.15, 0.2) is 0 Å². The van der Waals surface area contributed by atoms with E-state index in [1.807, 2.05) is 44.4 Å². The van der Waals surface area contributed by atoms with Gasteiger partial charge in [0.1, 0.15) is 23.9 Å². The minimum Gasteiger partial charge on any atom is -0.508 e. The second-order valence-corrected chi connectivity index (χ2v) is 8.26. The standard InChI is InChI=1S/C24H23NO3S.ClH/c1-25(2)13-14-28-20-10-5-16(6-11-20)23-21-12-9-19(27)15-22(21)29-24(23)17-3-7-18(26)8-4-17;/h3-12,15,26-27H,13-14H2,1-2H3;1H. The van der Waals surface area contributed by atoms with Gasteiger partial charge in [0.05, 0.1) is 0 Å². The Morgan fingerprint density at radius 2 is 1.47 bits per heavy atom. The van der Waals surface area contributed by atoms with Crippen LogP contribution in [0.25, 0.3) is 31.7 Å². The first-order valence-electron chi connectivity index (χ1n) is 9.44. The summed E-state index contributed by atoms with van der Waals surface area (Å²) in [4.78, 5) is 3.19. The molecule has 156 valence electrons. The molecule has 0 aliphatic rings. The lowest BCUT2D eigenvalue weighted by Gasteiger charge is -2.12. The second-order valence-electron chi connectivity index (χ2n) is 7.21. The molecular weight excluding hydrogens is 418 g/mol. The molecule has 0 spiro atoms. The summed E-state index contributed by atoms with van der Waals surface area (Å²) in [5, 5.41) is 20.7. The van der Waals surface area contributed by atoms with E-state index in [1.54, 1.807) is 35.6 Å². The topological polar surface area (TPSA) is 52.9 Å². The zero-order valence-corrected chi connectivity index (χ0v) is 18.5. The number of rotatable bonds is 6. The summed E-state index contributed by atoms with van der Waals surface area (Å²) < 4.78 is 6.84. The number of benzene rings is 3. The first-order valence-corrected chi connectivity index (χ1v) is 10.3. The molecule has 4 nitrogen and oxygen atoms in total. The van der Waals surface area contributed by atoms with Crippen molar-refractivity contribution < 1.29 is 14.9 Å². The van der Waals surface area contributed by atoms with Crippen LogP contribution >= 0.6 is 23.7 Å². The number of hydrogen-bond acceptors (Lipinski definition) is 5. The monoisotopic (exact) mass is 441 g/mol. The molecular formula is C24H24ClNO3S. The Hall–Kier alpha value is -2.73. The van der Waals surface area contributed by atoms with E-state index < -0.39 is 0 Å². The van der Waals surface area contributed by atoms with Crippen molar-refractivity contribution in [1.82, 2.24) is 4.90 Å². The minimum atomic E-state index is 0. The molecule has 3 aromatic carbocycles. The minimum absolute atomic E-state index is 0. The Bertz CT molecular complexity index is 1120. The quantitative estimate of drug-likeness (QED) is 0.384. The zero-order valence-electron chi connectivity index (χ0n) is 16.8. The normalized spacial score (nSPS) is 10.9. The molecule has 30 heavy (non-hydrogen) atoms. The summed E-state index contributed by atoms with van der Waals surface area (Å²) in [6.07, 6.45) is 0. The van der Waals surface area contributed by atoms with Crippen LogP contribution in [0.4, 0.5) is 0 Å². The van der Waals surface area contributed by atoms with Gasteiger partial charge in [-0.25, -0.2) is 0 Å². The van der Waals surface area contributed by atoms with E-state index in [-0.39, 0.29) is 23.9 Å². The van der Waals surface area contributed by atoms with Gasteiger partial charge < -0.3 is 19.8 Å². The summed E-state index contributed by atoms with van der Waals surface area (Å²) in [5.41, 5.74) is 3.24. The molecule has 6 heteroatoms. The van der Waals surface area contributed by atoms with E-state index >= 15 is 0 Å². The van der Waals surface area contributed by atoms with E-state index in [2.05, 4.69) is 17.0 Å². The van der Waals surface area contributed by atoms with Crippen LogP contribution in [0.3, 0.4) is 0 Å². The highest BCUT2D eigenvalue weighted by atomic mass is 35.5. The summed E-state index contributed by atoms with van der Waals surface area (Å²) in [6.45, 7) is 1.51. The largest absolute Gasteiger partial charge is 0.508 e. The van der Waals surface area contributed by atoms with Crippen LogP contribution in [-0.4, -0.2) is 42.4 Å². The van der Waals surface area contributed by atoms with Crippen LogP contribution in [0.1, 0.15) is 0 Å². The van der Waals surface area contributed by atoms with E-state index in [1.165, 1.54) is 0 Å². The third-order valence-electron chi connectivity index (χ3n) is 4.75. The Morgan fingerprint density at radius 1 is 0.833 bits per heavy atom. The van der Waals surface area contributed by atoms with Gasteiger partial charge in [-0.15, -0.1) is 23.7 Å². The summed E-state index contributed by atoms with van der Waals surface area (Å²) >= 11 is 1.63. The van der Waals surface area contributed by atoms with Crippen LogP contribution in [0.15, 0.2) is 66.7 Å². The number of likely N-dealkylation sites (N-methyl/N-ethyl adjacent to an activating group) is 1. The molecule has 0 fully saturated rings. The Morgan fingerprint density at radius 3 is 2.13 bits per heavy atom. The van der Waals surface area contributed by atoms with Gasteiger partial charge in [0.25, 0.3) is 0 Å². The van der Waals surface area contributed by atoms with Crippen molar-refractivity contribution in [3.8, 4) is 38.8 Å². The third kappa shape index (κ3) is 4.70. The van der Waals surface area contributed by atoms with Gasteiger partial charge >= 0.3 is 0 Å². The first-order chi connectivity index (χ1) is 14.0. The molecule has 0 radical (unpaired) electrons. The van der Waals surface area contributed by atoms with Crippen LogP contribution < -0.4 is 4.74 Å². The Labute approximate surface area is 186 Å². The van der Waals surface area contributed by atoms with Gasteiger partial charge in [0.2, 0.25) is 0 Å². The van der Waals surface area contributed by atoms with E-state index in [9.17, 15) is 10.2 Å². The third-order valence-corrected chi connectivity index (χ3v) is 5.95. The zero-order chi connectivity index (χ0) is 20.4. The molecule has 0 saturated carbocycles. The van der Waals surface area contributed by atoms with Gasteiger partial charge in [0, 0.05) is 27.1 Å². The Balaban J connectivity index is 0.00000256. The number of nitrogens with zero attached hydrogens (tertiary/aromatic N) is 1. The first kappa shape index (κ1) is 22.0. The summed E-state index contributed by atoms with van der Waals surface area (Å²) in [7, 11) is 4.05. The molecule has 0 saturated heterocycles. The van der Waals surface area contributed by atoms with Crippen LogP contribution in [0.5, 0.6) is 17.2 Å². The summed E-state index contributed by atoms with van der Waals surface area (Å²) in [5.74, 6) is 1.35. The van der Waals surface area contributed by atoms with Crippen molar-refractivity contribution in [2.24, 2.45) is 0 Å². The number of fused-ring (bicyclic) bond motifs is 1. The van der Waals surface area contributed by atoms with E-state index in [0.29, 0.717) is 6.61 Å². The molecule has 4 aromatic rings. The van der Waals surface area contributed by atoms with Gasteiger partial charge in [-0.3, -0.25) is 0 Å².